The van der Waals surface area contributed by atoms with Crippen molar-refractivity contribution in [1.29, 1.82) is 0 Å². The van der Waals surface area contributed by atoms with E-state index in [0.29, 0.717) is 0 Å². The summed E-state index contributed by atoms with van der Waals surface area (Å²) in [5.41, 5.74) is 0.180. The van der Waals surface area contributed by atoms with Crippen LogP contribution in [0.3, 0.4) is 0 Å². The van der Waals surface area contributed by atoms with Crippen LogP contribution in [0.15, 0.2) is 36.5 Å². The van der Waals surface area contributed by atoms with Gasteiger partial charge in [-0.15, -0.1) is 0 Å². The lowest BCUT2D eigenvalue weighted by molar-refractivity contribution is 0.0696. The van der Waals surface area contributed by atoms with E-state index in [-0.39, 0.29) is 16.8 Å². The van der Waals surface area contributed by atoms with Crippen molar-refractivity contribution in [1.82, 2.24) is 4.98 Å². The third kappa shape index (κ3) is 2.13. The van der Waals surface area contributed by atoms with Crippen LogP contribution in [0.5, 0.6) is 0 Å². The number of rotatable bonds is 2. The summed E-state index contributed by atoms with van der Waals surface area (Å²) in [6.45, 7) is 0. The molecule has 1 aromatic carbocycles. The zero-order valence-electron chi connectivity index (χ0n) is 8.52. The van der Waals surface area contributed by atoms with E-state index in [0.717, 1.165) is 12.3 Å². The highest BCUT2D eigenvalue weighted by atomic mass is 19.2. The number of carbonyl (C=O) groups is 1. The molecule has 86 valence electrons. The summed E-state index contributed by atoms with van der Waals surface area (Å²) in [6, 6.07) is 6.36. The Bertz CT molecular complexity index is 567. The van der Waals surface area contributed by atoms with E-state index in [1.807, 2.05) is 0 Å². The smallest absolute Gasteiger partial charge is 0.337 e. The molecule has 0 fully saturated rings. The molecule has 0 saturated carbocycles. The maximum absolute atomic E-state index is 13.4. The van der Waals surface area contributed by atoms with Crippen LogP contribution in [0.1, 0.15) is 10.4 Å². The predicted octanol–water partition coefficient (Wildman–Crippen LogP) is 2.73. The molecule has 17 heavy (non-hydrogen) atoms. The number of pyridine rings is 1. The molecule has 0 atom stereocenters. The van der Waals surface area contributed by atoms with Gasteiger partial charge in [-0.05, 0) is 24.3 Å². The molecule has 1 heterocycles. The van der Waals surface area contributed by atoms with Crippen LogP contribution in [0.25, 0.3) is 11.3 Å². The van der Waals surface area contributed by atoms with E-state index in [4.69, 9.17) is 5.11 Å². The molecular formula is C12H7F2NO2. The number of hydrogen-bond donors (Lipinski definition) is 1. The third-order valence-electron chi connectivity index (χ3n) is 2.24. The van der Waals surface area contributed by atoms with Gasteiger partial charge in [0.2, 0.25) is 0 Å². The lowest BCUT2D eigenvalue weighted by Gasteiger charge is -2.03. The van der Waals surface area contributed by atoms with Crippen molar-refractivity contribution in [2.24, 2.45) is 0 Å². The number of carboxylic acids is 1. The van der Waals surface area contributed by atoms with Crippen LogP contribution in [0.2, 0.25) is 0 Å². The topological polar surface area (TPSA) is 50.2 Å². The van der Waals surface area contributed by atoms with Gasteiger partial charge in [-0.1, -0.05) is 6.07 Å². The minimum Gasteiger partial charge on any atom is -0.478 e. The highest BCUT2D eigenvalue weighted by Crippen LogP contribution is 2.22. The number of benzene rings is 1. The average Bonchev–Trinajstić information content (AvgIpc) is 2.33. The van der Waals surface area contributed by atoms with Crippen LogP contribution in [-0.2, 0) is 0 Å². The molecule has 0 unspecified atom stereocenters. The maximum atomic E-state index is 13.4. The summed E-state index contributed by atoms with van der Waals surface area (Å²) in [5, 5.41) is 8.67. The summed E-state index contributed by atoms with van der Waals surface area (Å²) in [5.74, 6) is -3.08. The van der Waals surface area contributed by atoms with Gasteiger partial charge in [0, 0.05) is 11.8 Å². The lowest BCUT2D eigenvalue weighted by Crippen LogP contribution is -1.98. The highest BCUT2D eigenvalue weighted by Gasteiger charge is 2.11. The second kappa shape index (κ2) is 4.29. The molecule has 0 aliphatic carbocycles. The van der Waals surface area contributed by atoms with E-state index >= 15 is 0 Å². The Morgan fingerprint density at radius 3 is 2.53 bits per heavy atom. The van der Waals surface area contributed by atoms with Crippen molar-refractivity contribution >= 4 is 5.97 Å². The van der Waals surface area contributed by atoms with Crippen molar-refractivity contribution in [3.63, 3.8) is 0 Å². The molecule has 1 N–H and O–H groups in total. The van der Waals surface area contributed by atoms with Crippen LogP contribution in [0, 0.1) is 11.6 Å². The van der Waals surface area contributed by atoms with Crippen LogP contribution in [0.4, 0.5) is 8.78 Å². The largest absolute Gasteiger partial charge is 0.478 e. The van der Waals surface area contributed by atoms with Crippen LogP contribution >= 0.6 is 0 Å². The molecule has 0 radical (unpaired) electrons. The summed E-state index contributed by atoms with van der Waals surface area (Å²) < 4.78 is 26.4. The maximum Gasteiger partial charge on any atom is 0.337 e. The van der Waals surface area contributed by atoms with Gasteiger partial charge in [0.25, 0.3) is 0 Å². The third-order valence-corrected chi connectivity index (χ3v) is 2.24. The lowest BCUT2D eigenvalue weighted by atomic mass is 10.1. The molecule has 2 rings (SSSR count). The molecule has 0 amide bonds. The van der Waals surface area contributed by atoms with Crippen molar-refractivity contribution in [3.8, 4) is 11.3 Å². The molecule has 0 spiro atoms. The SMILES string of the molecule is O=C(O)c1ccc(-c2cccc(F)c2F)nc1. The first kappa shape index (κ1) is 11.2. The van der Waals surface area contributed by atoms with Gasteiger partial charge in [-0.2, -0.15) is 0 Å². The number of aromatic nitrogens is 1. The standard InChI is InChI=1S/C12H7F2NO2/c13-9-3-1-2-8(11(9)14)10-5-4-7(6-15-10)12(16)17/h1-6H,(H,16,17). The molecule has 0 aliphatic heterocycles. The van der Waals surface area contributed by atoms with Gasteiger partial charge in [0.1, 0.15) is 0 Å². The Hall–Kier alpha value is -2.30. The normalized spacial score (nSPS) is 10.2. The second-order valence-electron chi connectivity index (χ2n) is 3.34. The summed E-state index contributed by atoms with van der Waals surface area (Å²) >= 11 is 0. The minimum absolute atomic E-state index is 0.00180. The average molecular weight is 235 g/mol. The Morgan fingerprint density at radius 1 is 1.18 bits per heavy atom. The number of carboxylic acid groups (broad SMARTS) is 1. The fourth-order valence-electron chi connectivity index (χ4n) is 1.38. The van der Waals surface area contributed by atoms with Gasteiger partial charge >= 0.3 is 5.97 Å². The van der Waals surface area contributed by atoms with Crippen molar-refractivity contribution < 1.29 is 18.7 Å². The number of hydrogen-bond acceptors (Lipinski definition) is 2. The summed E-state index contributed by atoms with van der Waals surface area (Å²) in [7, 11) is 0. The van der Waals surface area contributed by atoms with Gasteiger partial charge in [0.15, 0.2) is 11.6 Å². The summed E-state index contributed by atoms with van der Waals surface area (Å²) in [4.78, 5) is 14.4. The number of nitrogens with zero attached hydrogens (tertiary/aromatic N) is 1. The zero-order chi connectivity index (χ0) is 12.4. The second-order valence-corrected chi connectivity index (χ2v) is 3.34. The molecule has 0 aliphatic rings. The van der Waals surface area contributed by atoms with E-state index in [9.17, 15) is 13.6 Å². The molecule has 0 saturated heterocycles. The van der Waals surface area contributed by atoms with Crippen LogP contribution < -0.4 is 0 Å². The van der Waals surface area contributed by atoms with E-state index in [1.54, 1.807) is 0 Å². The zero-order valence-corrected chi connectivity index (χ0v) is 8.52. The first-order valence-electron chi connectivity index (χ1n) is 4.73. The van der Waals surface area contributed by atoms with Gasteiger partial charge in [-0.3, -0.25) is 4.98 Å². The van der Waals surface area contributed by atoms with Gasteiger partial charge < -0.3 is 5.11 Å². The first-order chi connectivity index (χ1) is 8.09. The van der Waals surface area contributed by atoms with Crippen molar-refractivity contribution in [3.05, 3.63) is 53.7 Å². The quantitative estimate of drug-likeness (QED) is 0.870. The molecule has 1 aromatic heterocycles. The van der Waals surface area contributed by atoms with E-state index < -0.39 is 17.6 Å². The Morgan fingerprint density at radius 2 is 1.94 bits per heavy atom. The van der Waals surface area contributed by atoms with Crippen molar-refractivity contribution in [2.75, 3.05) is 0 Å². The van der Waals surface area contributed by atoms with Crippen LogP contribution in [-0.4, -0.2) is 16.1 Å². The van der Waals surface area contributed by atoms with Gasteiger partial charge in [0.05, 0.1) is 11.3 Å². The number of halogens is 2. The fraction of sp³-hybridized carbons (Fsp3) is 0. The monoisotopic (exact) mass is 235 g/mol. The Kier molecular flexibility index (Phi) is 2.82. The first-order valence-corrected chi connectivity index (χ1v) is 4.73. The van der Waals surface area contributed by atoms with E-state index in [1.165, 1.54) is 24.3 Å². The van der Waals surface area contributed by atoms with Crippen molar-refractivity contribution in [2.45, 2.75) is 0 Å². The molecule has 2 aromatic rings. The minimum atomic E-state index is -1.12. The Balaban J connectivity index is 2.47. The number of aromatic carboxylic acids is 1. The highest BCUT2D eigenvalue weighted by molar-refractivity contribution is 5.87. The fourth-order valence-corrected chi connectivity index (χ4v) is 1.38. The van der Waals surface area contributed by atoms with Gasteiger partial charge in [-0.25, -0.2) is 13.6 Å². The predicted molar refractivity (Wildman–Crippen MR) is 56.5 cm³/mol. The molecule has 5 heteroatoms. The molecule has 3 nitrogen and oxygen atoms in total. The molecular weight excluding hydrogens is 228 g/mol. The van der Waals surface area contributed by atoms with E-state index in [2.05, 4.69) is 4.98 Å². The Labute approximate surface area is 95.4 Å². The molecule has 0 bridgehead atoms. The summed E-state index contributed by atoms with van der Waals surface area (Å²) in [6.07, 6.45) is 1.10.